The molecule has 0 saturated carbocycles. The molecule has 1 unspecified atom stereocenters. The monoisotopic (exact) mass is 322 g/mol. The summed E-state index contributed by atoms with van der Waals surface area (Å²) in [5.41, 5.74) is 3.49. The van der Waals surface area contributed by atoms with Crippen LogP contribution in [0.2, 0.25) is 5.02 Å². The fourth-order valence-electron chi connectivity index (χ4n) is 2.42. The highest BCUT2D eigenvalue weighted by Crippen LogP contribution is 2.30. The van der Waals surface area contributed by atoms with Crippen molar-refractivity contribution in [3.63, 3.8) is 0 Å². The van der Waals surface area contributed by atoms with E-state index in [0.29, 0.717) is 11.5 Å². The van der Waals surface area contributed by atoms with Crippen LogP contribution in [0, 0.1) is 12.7 Å². The van der Waals surface area contributed by atoms with E-state index in [1.165, 1.54) is 12.1 Å². The second-order valence-corrected chi connectivity index (χ2v) is 6.02. The number of imidazole rings is 1. The van der Waals surface area contributed by atoms with Crippen LogP contribution in [0.5, 0.6) is 0 Å². The Kier molecular flexibility index (Phi) is 3.64. The predicted molar refractivity (Wildman–Crippen MR) is 85.0 cm³/mol. The molecule has 0 saturated heterocycles. The first-order valence-corrected chi connectivity index (χ1v) is 7.38. The molecule has 2 nitrogen and oxygen atoms in total. The largest absolute Gasteiger partial charge is 0.295 e. The lowest BCUT2D eigenvalue weighted by atomic mass is 10.2. The van der Waals surface area contributed by atoms with Gasteiger partial charge in [-0.3, -0.25) is 4.57 Å². The van der Waals surface area contributed by atoms with Gasteiger partial charge in [0, 0.05) is 0 Å². The molecule has 1 aromatic heterocycles. The smallest absolute Gasteiger partial charge is 0.143 e. The lowest BCUT2D eigenvalue weighted by molar-refractivity contribution is 0.627. The Hall–Kier alpha value is -1.58. The minimum atomic E-state index is -0.461. The van der Waals surface area contributed by atoms with Crippen molar-refractivity contribution in [1.82, 2.24) is 9.55 Å². The molecule has 1 heterocycles. The van der Waals surface area contributed by atoms with Gasteiger partial charge >= 0.3 is 0 Å². The van der Waals surface area contributed by atoms with E-state index in [1.807, 2.05) is 36.6 Å². The lowest BCUT2D eigenvalue weighted by Gasteiger charge is -2.11. The average Bonchev–Trinajstić information content (AvgIpc) is 2.83. The topological polar surface area (TPSA) is 17.8 Å². The number of nitrogens with zero attached hydrogens (tertiary/aromatic N) is 2. The molecular weight excluding hydrogens is 310 g/mol. The molecular formula is C16H13Cl2FN2. The van der Waals surface area contributed by atoms with Gasteiger partial charge in [-0.15, -0.1) is 11.6 Å². The predicted octanol–water partition coefficient (Wildman–Crippen LogP) is 5.43. The Morgan fingerprint density at radius 2 is 2.00 bits per heavy atom. The molecule has 2 aromatic carbocycles. The third kappa shape index (κ3) is 2.41. The van der Waals surface area contributed by atoms with Gasteiger partial charge in [0.2, 0.25) is 0 Å². The maximum atomic E-state index is 13.8. The number of alkyl halides is 1. The van der Waals surface area contributed by atoms with E-state index in [2.05, 4.69) is 4.98 Å². The fourth-order valence-corrected chi connectivity index (χ4v) is 2.68. The molecule has 0 aliphatic heterocycles. The van der Waals surface area contributed by atoms with Crippen LogP contribution in [-0.2, 0) is 0 Å². The van der Waals surface area contributed by atoms with Gasteiger partial charge in [-0.05, 0) is 43.7 Å². The Balaban J connectivity index is 2.36. The van der Waals surface area contributed by atoms with Crippen molar-refractivity contribution in [3.8, 4) is 5.69 Å². The first-order chi connectivity index (χ1) is 9.99. The zero-order valence-electron chi connectivity index (χ0n) is 11.6. The zero-order chi connectivity index (χ0) is 15.1. The summed E-state index contributed by atoms with van der Waals surface area (Å²) in [6, 6.07) is 10.6. The molecule has 108 valence electrons. The first-order valence-electron chi connectivity index (χ1n) is 6.56. The minimum absolute atomic E-state index is 0.0971. The van der Waals surface area contributed by atoms with E-state index in [9.17, 15) is 4.39 Å². The van der Waals surface area contributed by atoms with Crippen molar-refractivity contribution in [2.45, 2.75) is 19.2 Å². The van der Waals surface area contributed by atoms with Crippen molar-refractivity contribution >= 4 is 34.2 Å². The van der Waals surface area contributed by atoms with Gasteiger partial charge in [0.25, 0.3) is 0 Å². The summed E-state index contributed by atoms with van der Waals surface area (Å²) >= 11 is 12.0. The van der Waals surface area contributed by atoms with Crippen LogP contribution in [0.4, 0.5) is 4.39 Å². The standard InChI is InChI=1S/C16H13Cl2FN2/c1-9-4-3-5-14-15(9)20-16(10(2)17)21(14)11-6-7-12(18)13(19)8-11/h3-8,10H,1-2H3. The Bertz CT molecular complexity index is 825. The maximum Gasteiger partial charge on any atom is 0.143 e. The number of para-hydroxylation sites is 1. The summed E-state index contributed by atoms with van der Waals surface area (Å²) in [6.07, 6.45) is 0. The second-order valence-electron chi connectivity index (χ2n) is 4.96. The summed E-state index contributed by atoms with van der Waals surface area (Å²) in [6.45, 7) is 3.84. The summed E-state index contributed by atoms with van der Waals surface area (Å²) in [7, 11) is 0. The molecule has 0 fully saturated rings. The van der Waals surface area contributed by atoms with E-state index in [0.717, 1.165) is 16.6 Å². The normalized spacial score (nSPS) is 12.8. The van der Waals surface area contributed by atoms with E-state index in [-0.39, 0.29) is 10.4 Å². The molecule has 3 aromatic rings. The van der Waals surface area contributed by atoms with Crippen molar-refractivity contribution in [3.05, 3.63) is 58.6 Å². The molecule has 0 aliphatic carbocycles. The Morgan fingerprint density at radius 1 is 1.24 bits per heavy atom. The third-order valence-electron chi connectivity index (χ3n) is 3.43. The molecule has 0 N–H and O–H groups in total. The Morgan fingerprint density at radius 3 is 2.67 bits per heavy atom. The van der Waals surface area contributed by atoms with Gasteiger partial charge in [0.1, 0.15) is 11.6 Å². The molecule has 0 aliphatic rings. The summed E-state index contributed by atoms with van der Waals surface area (Å²) < 4.78 is 15.7. The van der Waals surface area contributed by atoms with Gasteiger partial charge in [-0.25, -0.2) is 9.37 Å². The van der Waals surface area contributed by atoms with Gasteiger partial charge in [-0.1, -0.05) is 23.7 Å². The van der Waals surface area contributed by atoms with Crippen molar-refractivity contribution in [1.29, 1.82) is 0 Å². The van der Waals surface area contributed by atoms with Crippen LogP contribution in [-0.4, -0.2) is 9.55 Å². The van der Waals surface area contributed by atoms with Crippen LogP contribution in [0.1, 0.15) is 23.7 Å². The van der Waals surface area contributed by atoms with Crippen LogP contribution in [0.3, 0.4) is 0 Å². The van der Waals surface area contributed by atoms with E-state index >= 15 is 0 Å². The summed E-state index contributed by atoms with van der Waals surface area (Å²) in [5, 5.41) is -0.199. The zero-order valence-corrected chi connectivity index (χ0v) is 13.1. The highest BCUT2D eigenvalue weighted by atomic mass is 35.5. The molecule has 3 rings (SSSR count). The molecule has 0 spiro atoms. The van der Waals surface area contributed by atoms with E-state index < -0.39 is 5.82 Å². The summed E-state index contributed by atoms with van der Waals surface area (Å²) in [4.78, 5) is 4.62. The second kappa shape index (κ2) is 5.32. The first kappa shape index (κ1) is 14.4. The average molecular weight is 323 g/mol. The van der Waals surface area contributed by atoms with Gasteiger partial charge in [0.15, 0.2) is 0 Å². The Labute approximate surface area is 132 Å². The van der Waals surface area contributed by atoms with Crippen LogP contribution < -0.4 is 0 Å². The number of benzene rings is 2. The van der Waals surface area contributed by atoms with Gasteiger partial charge in [-0.2, -0.15) is 0 Å². The number of hydrogen-bond donors (Lipinski definition) is 0. The molecule has 1 atom stereocenters. The molecule has 21 heavy (non-hydrogen) atoms. The molecule has 0 bridgehead atoms. The number of aromatic nitrogens is 2. The quantitative estimate of drug-likeness (QED) is 0.575. The van der Waals surface area contributed by atoms with Crippen molar-refractivity contribution in [2.24, 2.45) is 0 Å². The highest BCUT2D eigenvalue weighted by Gasteiger charge is 2.18. The lowest BCUT2D eigenvalue weighted by Crippen LogP contribution is -2.02. The highest BCUT2D eigenvalue weighted by molar-refractivity contribution is 6.30. The van der Waals surface area contributed by atoms with Crippen LogP contribution in [0.15, 0.2) is 36.4 Å². The third-order valence-corrected chi connectivity index (χ3v) is 3.93. The number of aryl methyl sites for hydroxylation is 1. The van der Waals surface area contributed by atoms with Crippen LogP contribution >= 0.6 is 23.2 Å². The SMILES string of the molecule is Cc1cccc2c1nc(C(C)Cl)n2-c1ccc(Cl)c(F)c1. The number of fused-ring (bicyclic) bond motifs is 1. The minimum Gasteiger partial charge on any atom is -0.295 e. The molecule has 0 radical (unpaired) electrons. The fraction of sp³-hybridized carbons (Fsp3) is 0.188. The van der Waals surface area contributed by atoms with Gasteiger partial charge < -0.3 is 0 Å². The molecule has 0 amide bonds. The van der Waals surface area contributed by atoms with Crippen molar-refractivity contribution < 1.29 is 4.39 Å². The van der Waals surface area contributed by atoms with Crippen LogP contribution in [0.25, 0.3) is 16.7 Å². The number of hydrogen-bond acceptors (Lipinski definition) is 1. The maximum absolute atomic E-state index is 13.8. The number of halogens is 3. The molecule has 5 heteroatoms. The van der Waals surface area contributed by atoms with Gasteiger partial charge in [0.05, 0.1) is 27.1 Å². The van der Waals surface area contributed by atoms with E-state index in [1.54, 1.807) is 6.07 Å². The summed E-state index contributed by atoms with van der Waals surface area (Å²) in [5.74, 6) is 0.222. The van der Waals surface area contributed by atoms with E-state index in [4.69, 9.17) is 23.2 Å². The number of rotatable bonds is 2. The van der Waals surface area contributed by atoms with Crippen molar-refractivity contribution in [2.75, 3.05) is 0 Å².